The van der Waals surface area contributed by atoms with E-state index in [0.717, 1.165) is 60.5 Å². The third-order valence-electron chi connectivity index (χ3n) is 7.52. The molecule has 0 amide bonds. The number of thioether (sulfide) groups is 1. The van der Waals surface area contributed by atoms with Crippen LogP contribution >= 0.6 is 11.8 Å². The van der Waals surface area contributed by atoms with E-state index in [2.05, 4.69) is 6.92 Å². The quantitative estimate of drug-likeness (QED) is 0.390. The maximum Gasteiger partial charge on any atom is 0.143 e. The molecule has 0 radical (unpaired) electrons. The zero-order chi connectivity index (χ0) is 25.2. The van der Waals surface area contributed by atoms with E-state index in [1.807, 2.05) is 41.1 Å². The van der Waals surface area contributed by atoms with Crippen LogP contribution in [-0.2, 0) is 11.2 Å². The molecule has 2 unspecified atom stereocenters. The molecule has 0 spiro atoms. The fraction of sp³-hybridized carbons (Fsp3) is 0.367. The van der Waals surface area contributed by atoms with Gasteiger partial charge in [-0.15, -0.1) is 0 Å². The number of halogens is 1. The number of nitrogens with zero attached hydrogens (tertiary/aromatic N) is 2. The summed E-state index contributed by atoms with van der Waals surface area (Å²) in [7, 11) is 0. The number of allylic oxidation sites excluding steroid dienone is 2. The molecule has 2 heterocycles. The second-order valence-corrected chi connectivity index (χ2v) is 11.2. The standard InChI is InChI=1S/C30H32FN3OS/c1-19-8-9-22-11-10-21(13-15-28(22)36-30(19)32)27(35)17-29-33-26(23-12-14-25(31)20(2)16-23)18-34(29)24-6-4-3-5-7-24/h3-7,12,14,16,18-19,21,32H,8-11,13,15,17H2,1-2H3. The Morgan fingerprint density at radius 3 is 2.64 bits per heavy atom. The van der Waals surface area contributed by atoms with E-state index in [-0.39, 0.29) is 23.9 Å². The Hall–Kier alpha value is -2.99. The van der Waals surface area contributed by atoms with Crippen LogP contribution in [0.5, 0.6) is 0 Å². The molecule has 2 aliphatic rings. The van der Waals surface area contributed by atoms with Gasteiger partial charge in [0, 0.05) is 29.3 Å². The van der Waals surface area contributed by atoms with Crippen molar-refractivity contribution >= 4 is 22.6 Å². The Balaban J connectivity index is 1.38. The molecule has 5 rings (SSSR count). The SMILES string of the molecule is Cc1cc(-c2cn(-c3ccccc3)c(CC(=O)C3CCC4=C(CC3)SC(=N)C(C)CC4)n2)ccc1F. The second-order valence-electron chi connectivity index (χ2n) is 10.1. The number of hydrogen-bond donors (Lipinski definition) is 1. The van der Waals surface area contributed by atoms with Crippen LogP contribution in [-0.4, -0.2) is 20.4 Å². The van der Waals surface area contributed by atoms with Gasteiger partial charge in [0.05, 0.1) is 17.2 Å². The Morgan fingerprint density at radius 1 is 1.11 bits per heavy atom. The lowest BCUT2D eigenvalue weighted by Crippen LogP contribution is -2.19. The Labute approximate surface area is 216 Å². The summed E-state index contributed by atoms with van der Waals surface area (Å²) in [6, 6.07) is 15.0. The van der Waals surface area contributed by atoms with Crippen molar-refractivity contribution in [2.24, 2.45) is 11.8 Å². The molecule has 186 valence electrons. The molecular weight excluding hydrogens is 469 g/mol. The van der Waals surface area contributed by atoms with Gasteiger partial charge < -0.3 is 4.57 Å². The van der Waals surface area contributed by atoms with Gasteiger partial charge in [0.2, 0.25) is 0 Å². The maximum atomic E-state index is 13.9. The Bertz CT molecular complexity index is 1330. The lowest BCUT2D eigenvalue weighted by Gasteiger charge is -2.15. The number of para-hydroxylation sites is 1. The van der Waals surface area contributed by atoms with Crippen LogP contribution in [0.3, 0.4) is 0 Å². The molecule has 36 heavy (non-hydrogen) atoms. The topological polar surface area (TPSA) is 58.7 Å². The van der Waals surface area contributed by atoms with Gasteiger partial charge in [-0.25, -0.2) is 9.37 Å². The number of carbonyl (C=O) groups excluding carboxylic acids is 1. The molecule has 1 aromatic heterocycles. The van der Waals surface area contributed by atoms with Gasteiger partial charge in [-0.3, -0.25) is 10.2 Å². The third kappa shape index (κ3) is 5.24. The summed E-state index contributed by atoms with van der Waals surface area (Å²) in [6.45, 7) is 3.89. The van der Waals surface area contributed by atoms with Crippen LogP contribution < -0.4 is 0 Å². The number of rotatable bonds is 5. The highest BCUT2D eigenvalue weighted by Crippen LogP contribution is 2.41. The minimum absolute atomic E-state index is 0.00146. The van der Waals surface area contributed by atoms with Crippen LogP contribution in [0.4, 0.5) is 4.39 Å². The highest BCUT2D eigenvalue weighted by atomic mass is 32.2. The molecule has 1 aliphatic carbocycles. The summed E-state index contributed by atoms with van der Waals surface area (Å²) >= 11 is 1.64. The number of nitrogens with one attached hydrogen (secondary N) is 1. The van der Waals surface area contributed by atoms with Crippen LogP contribution in [0.1, 0.15) is 56.8 Å². The zero-order valence-electron chi connectivity index (χ0n) is 20.9. The van der Waals surface area contributed by atoms with Crippen molar-refractivity contribution in [1.82, 2.24) is 9.55 Å². The van der Waals surface area contributed by atoms with Gasteiger partial charge in [-0.1, -0.05) is 42.5 Å². The molecule has 6 heteroatoms. The van der Waals surface area contributed by atoms with Crippen LogP contribution in [0.2, 0.25) is 0 Å². The zero-order valence-corrected chi connectivity index (χ0v) is 21.7. The predicted octanol–water partition coefficient (Wildman–Crippen LogP) is 7.68. The highest BCUT2D eigenvalue weighted by Gasteiger charge is 2.28. The van der Waals surface area contributed by atoms with Gasteiger partial charge in [0.25, 0.3) is 0 Å². The summed E-state index contributed by atoms with van der Waals surface area (Å²) in [6.07, 6.45) is 7.84. The molecule has 0 saturated heterocycles. The number of imidazole rings is 1. The molecule has 0 bridgehead atoms. The van der Waals surface area contributed by atoms with E-state index in [4.69, 9.17) is 10.4 Å². The number of hydrogen-bond acceptors (Lipinski definition) is 4. The van der Waals surface area contributed by atoms with Crippen molar-refractivity contribution in [3.8, 4) is 16.9 Å². The molecule has 4 nitrogen and oxygen atoms in total. The minimum Gasteiger partial charge on any atom is -0.303 e. The fourth-order valence-electron chi connectivity index (χ4n) is 5.18. The normalized spacial score (nSPS) is 20.6. The van der Waals surface area contributed by atoms with Crippen molar-refractivity contribution in [3.63, 3.8) is 0 Å². The molecule has 0 fully saturated rings. The van der Waals surface area contributed by atoms with E-state index >= 15 is 0 Å². The molecule has 2 aromatic carbocycles. The van der Waals surface area contributed by atoms with Crippen molar-refractivity contribution < 1.29 is 9.18 Å². The molecule has 1 aliphatic heterocycles. The predicted molar refractivity (Wildman–Crippen MR) is 145 cm³/mol. The van der Waals surface area contributed by atoms with Crippen molar-refractivity contribution in [2.75, 3.05) is 0 Å². The van der Waals surface area contributed by atoms with Gasteiger partial charge in [0.15, 0.2) is 0 Å². The first-order valence-electron chi connectivity index (χ1n) is 12.8. The molecule has 2 atom stereocenters. The number of aryl methyl sites for hydroxylation is 1. The monoisotopic (exact) mass is 501 g/mol. The first-order valence-corrected chi connectivity index (χ1v) is 13.6. The number of Topliss-reactive ketones (excluding diaryl/α,β-unsaturated/α-hetero) is 1. The van der Waals surface area contributed by atoms with Crippen LogP contribution in [0.25, 0.3) is 16.9 Å². The fourth-order valence-corrected chi connectivity index (χ4v) is 6.33. The van der Waals surface area contributed by atoms with Crippen molar-refractivity contribution in [2.45, 2.75) is 58.8 Å². The van der Waals surface area contributed by atoms with Crippen LogP contribution in [0, 0.1) is 30.0 Å². The van der Waals surface area contributed by atoms with Gasteiger partial charge in [-0.05, 0) is 86.2 Å². The molecule has 1 N–H and O–H groups in total. The van der Waals surface area contributed by atoms with E-state index in [0.29, 0.717) is 17.3 Å². The molecule has 3 aromatic rings. The third-order valence-corrected chi connectivity index (χ3v) is 8.88. The number of carbonyl (C=O) groups is 1. The summed E-state index contributed by atoms with van der Waals surface area (Å²) in [5.74, 6) is 1.04. The van der Waals surface area contributed by atoms with Crippen LogP contribution in [0.15, 0.2) is 65.2 Å². The maximum absolute atomic E-state index is 13.9. The summed E-state index contributed by atoms with van der Waals surface area (Å²) < 4.78 is 15.9. The first kappa shape index (κ1) is 24.7. The molecular formula is C30H32FN3OS. The van der Waals surface area contributed by atoms with Gasteiger partial charge in [-0.2, -0.15) is 0 Å². The summed E-state index contributed by atoms with van der Waals surface area (Å²) in [5.41, 5.74) is 4.57. The van der Waals surface area contributed by atoms with E-state index in [1.54, 1.807) is 30.8 Å². The molecule has 0 saturated carbocycles. The lowest BCUT2D eigenvalue weighted by molar-refractivity contribution is -0.122. The van der Waals surface area contributed by atoms with Crippen molar-refractivity contribution in [1.29, 1.82) is 5.41 Å². The van der Waals surface area contributed by atoms with Crippen molar-refractivity contribution in [3.05, 3.63) is 82.4 Å². The lowest BCUT2D eigenvalue weighted by atomic mass is 9.91. The second kappa shape index (κ2) is 10.6. The van der Waals surface area contributed by atoms with Gasteiger partial charge >= 0.3 is 0 Å². The average Bonchev–Trinajstić information content (AvgIpc) is 3.11. The number of ketones is 1. The average molecular weight is 502 g/mol. The number of aromatic nitrogens is 2. The Kier molecular flexibility index (Phi) is 7.24. The smallest absolute Gasteiger partial charge is 0.143 e. The number of benzene rings is 2. The minimum atomic E-state index is -0.236. The summed E-state index contributed by atoms with van der Waals surface area (Å²) in [4.78, 5) is 19.8. The van der Waals surface area contributed by atoms with E-state index < -0.39 is 0 Å². The first-order chi connectivity index (χ1) is 17.4. The van der Waals surface area contributed by atoms with Gasteiger partial charge in [0.1, 0.15) is 17.4 Å². The van der Waals surface area contributed by atoms with E-state index in [9.17, 15) is 9.18 Å². The Morgan fingerprint density at radius 2 is 1.86 bits per heavy atom. The highest BCUT2D eigenvalue weighted by molar-refractivity contribution is 8.17. The summed E-state index contributed by atoms with van der Waals surface area (Å²) in [5, 5.41) is 9.11. The largest absolute Gasteiger partial charge is 0.303 e. The van der Waals surface area contributed by atoms with E-state index in [1.165, 1.54) is 16.5 Å².